The molecule has 4 rings (SSSR count). The molecule has 3 N–H and O–H groups in total. The summed E-state index contributed by atoms with van der Waals surface area (Å²) in [7, 11) is 0. The maximum atomic E-state index is 14.9. The molecule has 1 amide bonds. The lowest BCUT2D eigenvalue weighted by atomic mass is 9.91. The molecule has 1 saturated heterocycles. The van der Waals surface area contributed by atoms with Crippen molar-refractivity contribution in [2.24, 2.45) is 10.9 Å². The average Bonchev–Trinajstić information content (AvgIpc) is 3.21. The van der Waals surface area contributed by atoms with E-state index >= 15 is 0 Å². The Morgan fingerprint density at radius 2 is 1.86 bits per heavy atom. The molecule has 1 heterocycles. The van der Waals surface area contributed by atoms with Gasteiger partial charge in [-0.1, -0.05) is 68.8 Å². The number of nitrogens with zero attached hydrogens (tertiary/aromatic N) is 1. The summed E-state index contributed by atoms with van der Waals surface area (Å²) in [5.74, 6) is -2.86. The number of thioether (sulfide) groups is 1. The van der Waals surface area contributed by atoms with E-state index in [9.17, 15) is 19.1 Å². The van der Waals surface area contributed by atoms with Gasteiger partial charge in [-0.25, -0.2) is 14.2 Å². The normalized spacial score (nSPS) is 21.4. The highest BCUT2D eigenvalue weighted by molar-refractivity contribution is 8.15. The van der Waals surface area contributed by atoms with Crippen molar-refractivity contribution >= 4 is 34.5 Å². The molecule has 2 aromatic rings. The zero-order chi connectivity index (χ0) is 26.7. The summed E-state index contributed by atoms with van der Waals surface area (Å²) in [6.07, 6.45) is 6.95. The Morgan fingerprint density at radius 1 is 1.16 bits per heavy atom. The van der Waals surface area contributed by atoms with Gasteiger partial charge in [-0.3, -0.25) is 4.79 Å². The van der Waals surface area contributed by atoms with Crippen LogP contribution in [0.4, 0.5) is 10.1 Å². The molecule has 3 atom stereocenters. The van der Waals surface area contributed by atoms with Crippen molar-refractivity contribution in [2.45, 2.75) is 57.7 Å². The van der Waals surface area contributed by atoms with E-state index in [-0.39, 0.29) is 16.2 Å². The summed E-state index contributed by atoms with van der Waals surface area (Å²) in [4.78, 5) is 28.8. The first-order valence-electron chi connectivity index (χ1n) is 12.5. The van der Waals surface area contributed by atoms with Gasteiger partial charge in [0.1, 0.15) is 11.9 Å². The number of fused-ring (bicyclic) bond motifs is 1. The molecule has 0 saturated carbocycles. The largest absolute Gasteiger partial charge is 0.480 e. The third-order valence-electron chi connectivity index (χ3n) is 7.05. The minimum atomic E-state index is -1.14. The minimum Gasteiger partial charge on any atom is -0.480 e. The summed E-state index contributed by atoms with van der Waals surface area (Å²) in [6.45, 7) is 7.98. The highest BCUT2D eigenvalue weighted by Crippen LogP contribution is 2.45. The molecule has 6 nitrogen and oxygen atoms in total. The Labute approximate surface area is 221 Å². The first kappa shape index (κ1) is 26.7. The van der Waals surface area contributed by atoms with Crippen LogP contribution < -0.4 is 10.6 Å². The molecule has 37 heavy (non-hydrogen) atoms. The monoisotopic (exact) mass is 521 g/mol. The molecule has 0 bridgehead atoms. The number of carbonyl (C=O) groups excluding carboxylic acids is 1. The van der Waals surface area contributed by atoms with E-state index in [2.05, 4.69) is 36.6 Å². The van der Waals surface area contributed by atoms with Gasteiger partial charge in [-0.15, -0.1) is 0 Å². The van der Waals surface area contributed by atoms with E-state index in [1.54, 1.807) is 24.8 Å². The number of benzene rings is 2. The maximum Gasteiger partial charge on any atom is 0.326 e. The molecule has 1 aliphatic heterocycles. The summed E-state index contributed by atoms with van der Waals surface area (Å²) in [5.41, 5.74) is 4.59. The molecule has 1 fully saturated rings. The Bertz CT molecular complexity index is 1300. The van der Waals surface area contributed by atoms with Gasteiger partial charge in [0, 0.05) is 5.70 Å². The van der Waals surface area contributed by atoms with Crippen molar-refractivity contribution in [3.05, 3.63) is 77.3 Å². The van der Waals surface area contributed by atoms with Gasteiger partial charge < -0.3 is 15.7 Å². The van der Waals surface area contributed by atoms with Crippen LogP contribution >= 0.6 is 11.8 Å². The fourth-order valence-electron chi connectivity index (χ4n) is 4.50. The Hall–Kier alpha value is -3.39. The van der Waals surface area contributed by atoms with Crippen LogP contribution in [-0.4, -0.2) is 32.9 Å². The van der Waals surface area contributed by atoms with E-state index < -0.39 is 23.7 Å². The Kier molecular flexibility index (Phi) is 7.87. The van der Waals surface area contributed by atoms with Crippen LogP contribution in [0, 0.1) is 11.7 Å². The lowest BCUT2D eigenvalue weighted by Crippen LogP contribution is -2.45. The number of carboxylic acids is 1. The zero-order valence-corrected chi connectivity index (χ0v) is 22.3. The number of aliphatic carboxylic acids is 1. The second-order valence-electron chi connectivity index (χ2n) is 9.73. The number of aliphatic imine (C=N–C) groups is 1. The summed E-state index contributed by atoms with van der Waals surface area (Å²) in [6, 6.07) is 10.7. The minimum absolute atomic E-state index is 0.0243. The highest BCUT2D eigenvalue weighted by Gasteiger charge is 2.40. The number of hydrogen-bond donors (Lipinski definition) is 3. The highest BCUT2D eigenvalue weighted by atomic mass is 32.2. The van der Waals surface area contributed by atoms with Crippen molar-refractivity contribution in [3.8, 4) is 11.1 Å². The van der Waals surface area contributed by atoms with Crippen molar-refractivity contribution in [2.75, 3.05) is 0 Å². The van der Waals surface area contributed by atoms with Gasteiger partial charge in [0.15, 0.2) is 5.17 Å². The van der Waals surface area contributed by atoms with Gasteiger partial charge >= 0.3 is 5.97 Å². The van der Waals surface area contributed by atoms with E-state index in [4.69, 9.17) is 4.99 Å². The first-order chi connectivity index (χ1) is 17.6. The lowest BCUT2D eigenvalue weighted by Gasteiger charge is -2.27. The number of carbonyl (C=O) groups is 2. The van der Waals surface area contributed by atoms with Gasteiger partial charge in [0.25, 0.3) is 5.91 Å². The third kappa shape index (κ3) is 5.80. The van der Waals surface area contributed by atoms with Crippen molar-refractivity contribution in [1.82, 2.24) is 10.6 Å². The number of nitrogens with one attached hydrogen (secondary N) is 2. The Morgan fingerprint density at radius 3 is 2.49 bits per heavy atom. The fourth-order valence-corrected chi connectivity index (χ4v) is 5.73. The number of amides is 1. The molecule has 1 aliphatic carbocycles. The van der Waals surface area contributed by atoms with Gasteiger partial charge in [-0.2, -0.15) is 0 Å². The van der Waals surface area contributed by atoms with E-state index in [1.165, 1.54) is 23.4 Å². The molecule has 0 spiro atoms. The number of rotatable bonds is 8. The van der Waals surface area contributed by atoms with Crippen molar-refractivity contribution in [3.63, 3.8) is 0 Å². The second-order valence-corrected chi connectivity index (χ2v) is 11.2. The Balaban J connectivity index is 1.46. The maximum absolute atomic E-state index is 14.9. The molecule has 194 valence electrons. The number of amidine groups is 1. The summed E-state index contributed by atoms with van der Waals surface area (Å²) in [5, 5.41) is 16.1. The van der Waals surface area contributed by atoms with Gasteiger partial charge in [0.2, 0.25) is 0 Å². The van der Waals surface area contributed by atoms with E-state index in [1.807, 2.05) is 31.2 Å². The van der Waals surface area contributed by atoms with Crippen LogP contribution in [0.15, 0.2) is 70.9 Å². The van der Waals surface area contributed by atoms with Gasteiger partial charge in [0.05, 0.1) is 16.0 Å². The molecular weight excluding hydrogens is 489 g/mol. The van der Waals surface area contributed by atoms with Crippen LogP contribution in [0.2, 0.25) is 0 Å². The molecule has 1 unspecified atom stereocenters. The quantitative estimate of drug-likeness (QED) is 0.372. The topological polar surface area (TPSA) is 90.8 Å². The van der Waals surface area contributed by atoms with Crippen LogP contribution in [0.3, 0.4) is 0 Å². The van der Waals surface area contributed by atoms with Crippen molar-refractivity contribution in [1.29, 1.82) is 0 Å². The number of halogens is 1. The number of carboxylic acid groups (broad SMARTS) is 1. The zero-order valence-electron chi connectivity index (χ0n) is 21.5. The van der Waals surface area contributed by atoms with Crippen LogP contribution in [0.5, 0.6) is 0 Å². The van der Waals surface area contributed by atoms with E-state index in [0.29, 0.717) is 12.0 Å². The fraction of sp³-hybridized carbons (Fsp3) is 0.345. The predicted octanol–water partition coefficient (Wildman–Crippen LogP) is 6.43. The summed E-state index contributed by atoms with van der Waals surface area (Å²) >= 11 is 1.73. The van der Waals surface area contributed by atoms with Crippen molar-refractivity contribution < 1.29 is 19.1 Å². The summed E-state index contributed by atoms with van der Waals surface area (Å²) < 4.78 is 14.8. The second kappa shape index (κ2) is 10.9. The van der Waals surface area contributed by atoms with Crippen LogP contribution in [0.25, 0.3) is 11.1 Å². The average molecular weight is 522 g/mol. The molecule has 8 heteroatoms. The molecule has 2 aromatic carbocycles. The van der Waals surface area contributed by atoms with Gasteiger partial charge in [-0.05, 0) is 67.2 Å². The molecule has 0 aromatic heterocycles. The standard InChI is InChI=1S/C29H32FN3O3S/c1-5-17(3)25(27(35)36)33-26(34)22-13-10-20(15-23(22)30)19-8-11-21(12-9-19)31-28-32-24-14-7-18(6-2)16-29(24,4)37-28/h7-15,17,25H,5-6,16H2,1-4H3,(H,31,32)(H,33,34)(H,35,36)/t17-,25-,29?/m0/s1. The molecular formula is C29H32FN3O3S. The smallest absolute Gasteiger partial charge is 0.326 e. The predicted molar refractivity (Wildman–Crippen MR) is 147 cm³/mol. The first-order valence-corrected chi connectivity index (χ1v) is 13.3. The van der Waals surface area contributed by atoms with Crippen LogP contribution in [-0.2, 0) is 4.79 Å². The van der Waals surface area contributed by atoms with E-state index in [0.717, 1.165) is 29.3 Å². The van der Waals surface area contributed by atoms with Crippen LogP contribution in [0.1, 0.15) is 57.3 Å². The third-order valence-corrected chi connectivity index (χ3v) is 8.25. The molecule has 2 aliphatic rings. The number of hydrogen-bond acceptors (Lipinski definition) is 4. The number of allylic oxidation sites excluding steroid dienone is 3. The lowest BCUT2D eigenvalue weighted by molar-refractivity contribution is -0.140. The SMILES string of the molecule is CCC1=CC=C2NC(=Nc3ccc(-c4ccc(C(=O)N[C@H](C(=O)O)[C@@H](C)CC)c(F)c4)cc3)SC2(C)C1. The molecule has 0 radical (unpaired) electrons.